The Morgan fingerprint density at radius 3 is 2.38 bits per heavy atom. The number of amides is 2. The van der Waals surface area contributed by atoms with Crippen molar-refractivity contribution in [3.8, 4) is 0 Å². The topological polar surface area (TPSA) is 102 Å². The van der Waals surface area contributed by atoms with E-state index < -0.39 is 18.6 Å². The molecule has 0 aliphatic rings. The fraction of sp³-hybridized carbons (Fsp3) is 0.800. The summed E-state index contributed by atoms with van der Waals surface area (Å²) in [6.45, 7) is 5.40. The summed E-state index contributed by atoms with van der Waals surface area (Å²) in [5.74, 6) is -1.13. The molecule has 0 saturated carbocycles. The van der Waals surface area contributed by atoms with Gasteiger partial charge in [-0.05, 0) is 20.8 Å². The SMILES string of the molecule is CC(C)(C)OCCC(=O)N[C@H](CO)C(N)=O. The number of nitrogens with one attached hydrogen (secondary N) is 1. The summed E-state index contributed by atoms with van der Waals surface area (Å²) in [5, 5.41) is 11.1. The van der Waals surface area contributed by atoms with Crippen LogP contribution in [0.1, 0.15) is 27.2 Å². The van der Waals surface area contributed by atoms with Crippen molar-refractivity contribution in [2.75, 3.05) is 13.2 Å². The van der Waals surface area contributed by atoms with E-state index in [0.29, 0.717) is 0 Å². The minimum atomic E-state index is -1.03. The Morgan fingerprint density at radius 1 is 1.44 bits per heavy atom. The largest absolute Gasteiger partial charge is 0.394 e. The van der Waals surface area contributed by atoms with Crippen LogP contribution in [0.2, 0.25) is 0 Å². The van der Waals surface area contributed by atoms with Gasteiger partial charge in [-0.25, -0.2) is 0 Å². The first-order chi connectivity index (χ1) is 7.26. The average molecular weight is 232 g/mol. The minimum Gasteiger partial charge on any atom is -0.394 e. The van der Waals surface area contributed by atoms with Crippen LogP contribution in [0.25, 0.3) is 0 Å². The molecule has 2 amide bonds. The molecule has 0 heterocycles. The van der Waals surface area contributed by atoms with Crippen molar-refractivity contribution in [1.82, 2.24) is 5.32 Å². The Morgan fingerprint density at radius 2 is 2.00 bits per heavy atom. The van der Waals surface area contributed by atoms with E-state index in [9.17, 15) is 9.59 Å². The summed E-state index contributed by atoms with van der Waals surface area (Å²) in [6.07, 6.45) is 0.126. The summed E-state index contributed by atoms with van der Waals surface area (Å²) < 4.78 is 5.34. The molecule has 0 aromatic heterocycles. The predicted molar refractivity (Wildman–Crippen MR) is 58.5 cm³/mol. The van der Waals surface area contributed by atoms with Crippen molar-refractivity contribution in [3.63, 3.8) is 0 Å². The third-order valence-electron chi connectivity index (χ3n) is 1.73. The van der Waals surface area contributed by atoms with Crippen LogP contribution in [0.5, 0.6) is 0 Å². The number of nitrogens with two attached hydrogens (primary N) is 1. The number of ether oxygens (including phenoxy) is 1. The van der Waals surface area contributed by atoms with Gasteiger partial charge < -0.3 is 20.9 Å². The Bertz CT molecular complexity index is 248. The highest BCUT2D eigenvalue weighted by molar-refractivity contribution is 5.86. The van der Waals surface area contributed by atoms with Gasteiger partial charge in [-0.15, -0.1) is 0 Å². The highest BCUT2D eigenvalue weighted by atomic mass is 16.5. The van der Waals surface area contributed by atoms with E-state index in [1.165, 1.54) is 0 Å². The lowest BCUT2D eigenvalue weighted by Gasteiger charge is -2.19. The standard InChI is InChI=1S/C10H20N2O4/c1-10(2,3)16-5-4-8(14)12-7(6-13)9(11)15/h7,13H,4-6H2,1-3H3,(H2,11,15)(H,12,14)/t7-/m1/s1. The van der Waals surface area contributed by atoms with Crippen LogP contribution < -0.4 is 11.1 Å². The maximum absolute atomic E-state index is 11.3. The molecular formula is C10H20N2O4. The first-order valence-electron chi connectivity index (χ1n) is 5.10. The number of aliphatic hydroxyl groups is 1. The van der Waals surface area contributed by atoms with Crippen molar-refractivity contribution < 1.29 is 19.4 Å². The second-order valence-corrected chi connectivity index (χ2v) is 4.42. The Labute approximate surface area is 95.1 Å². The van der Waals surface area contributed by atoms with Crippen LogP contribution in [0.15, 0.2) is 0 Å². The maximum atomic E-state index is 11.3. The van der Waals surface area contributed by atoms with Gasteiger partial charge in [0.25, 0.3) is 0 Å². The molecule has 4 N–H and O–H groups in total. The van der Waals surface area contributed by atoms with Crippen LogP contribution >= 0.6 is 0 Å². The lowest BCUT2D eigenvalue weighted by atomic mass is 10.2. The number of primary amides is 1. The quantitative estimate of drug-likeness (QED) is 0.555. The van der Waals surface area contributed by atoms with E-state index in [-0.39, 0.29) is 24.5 Å². The molecule has 16 heavy (non-hydrogen) atoms. The normalized spacial score (nSPS) is 13.2. The average Bonchev–Trinajstić information content (AvgIpc) is 2.11. The molecule has 0 rings (SSSR count). The van der Waals surface area contributed by atoms with E-state index in [1.807, 2.05) is 20.8 Å². The molecule has 0 bridgehead atoms. The van der Waals surface area contributed by atoms with Crippen LogP contribution in [-0.2, 0) is 14.3 Å². The first-order valence-corrected chi connectivity index (χ1v) is 5.10. The van der Waals surface area contributed by atoms with Gasteiger partial charge in [-0.3, -0.25) is 9.59 Å². The monoisotopic (exact) mass is 232 g/mol. The lowest BCUT2D eigenvalue weighted by molar-refractivity contribution is -0.129. The Kier molecular flexibility index (Phi) is 5.98. The van der Waals surface area contributed by atoms with Gasteiger partial charge in [0.1, 0.15) is 6.04 Å². The molecule has 6 nitrogen and oxygen atoms in total. The van der Waals surface area contributed by atoms with Crippen molar-refractivity contribution in [1.29, 1.82) is 0 Å². The number of carbonyl (C=O) groups excluding carboxylic acids is 2. The zero-order valence-electron chi connectivity index (χ0n) is 9.95. The molecule has 0 saturated heterocycles. The minimum absolute atomic E-state index is 0.126. The van der Waals surface area contributed by atoms with Gasteiger partial charge in [0.05, 0.1) is 25.2 Å². The van der Waals surface area contributed by atoms with Crippen molar-refractivity contribution in [2.24, 2.45) is 5.73 Å². The number of hydrogen-bond donors (Lipinski definition) is 3. The van der Waals surface area contributed by atoms with Crippen molar-refractivity contribution in [2.45, 2.75) is 38.8 Å². The number of carbonyl (C=O) groups is 2. The number of aliphatic hydroxyl groups excluding tert-OH is 1. The molecule has 0 aromatic carbocycles. The second-order valence-electron chi connectivity index (χ2n) is 4.42. The van der Waals surface area contributed by atoms with Crippen LogP contribution in [-0.4, -0.2) is 41.8 Å². The summed E-state index contributed by atoms with van der Waals surface area (Å²) in [6, 6.07) is -1.03. The van der Waals surface area contributed by atoms with E-state index in [0.717, 1.165) is 0 Å². The zero-order valence-corrected chi connectivity index (χ0v) is 9.95. The van der Waals surface area contributed by atoms with E-state index >= 15 is 0 Å². The van der Waals surface area contributed by atoms with E-state index in [1.54, 1.807) is 0 Å². The van der Waals surface area contributed by atoms with Gasteiger partial charge in [0.2, 0.25) is 11.8 Å². The molecule has 1 atom stereocenters. The van der Waals surface area contributed by atoms with Crippen LogP contribution in [0.3, 0.4) is 0 Å². The summed E-state index contributed by atoms with van der Waals surface area (Å²) in [7, 11) is 0. The molecule has 0 spiro atoms. The predicted octanol–water partition coefficient (Wildman–Crippen LogP) is -0.846. The highest BCUT2D eigenvalue weighted by Crippen LogP contribution is 2.06. The fourth-order valence-electron chi connectivity index (χ4n) is 0.923. The number of hydrogen-bond acceptors (Lipinski definition) is 4. The van der Waals surface area contributed by atoms with Crippen molar-refractivity contribution >= 4 is 11.8 Å². The maximum Gasteiger partial charge on any atom is 0.242 e. The molecule has 0 radical (unpaired) electrons. The molecular weight excluding hydrogens is 212 g/mol. The fourth-order valence-corrected chi connectivity index (χ4v) is 0.923. The van der Waals surface area contributed by atoms with Crippen LogP contribution in [0.4, 0.5) is 0 Å². The molecule has 0 aliphatic carbocycles. The molecule has 0 fully saturated rings. The van der Waals surface area contributed by atoms with Gasteiger partial charge in [-0.2, -0.15) is 0 Å². The van der Waals surface area contributed by atoms with E-state index in [4.69, 9.17) is 15.6 Å². The summed E-state index contributed by atoms with van der Waals surface area (Å²) in [5.41, 5.74) is 4.64. The summed E-state index contributed by atoms with van der Waals surface area (Å²) >= 11 is 0. The van der Waals surface area contributed by atoms with E-state index in [2.05, 4.69) is 5.32 Å². The highest BCUT2D eigenvalue weighted by Gasteiger charge is 2.17. The lowest BCUT2D eigenvalue weighted by Crippen LogP contribution is -2.47. The van der Waals surface area contributed by atoms with Gasteiger partial charge in [-0.1, -0.05) is 0 Å². The molecule has 94 valence electrons. The molecule has 0 aliphatic heterocycles. The Balaban J connectivity index is 3.86. The Hall–Kier alpha value is -1.14. The first kappa shape index (κ1) is 14.9. The third kappa shape index (κ3) is 7.19. The van der Waals surface area contributed by atoms with Gasteiger partial charge in [0, 0.05) is 0 Å². The smallest absolute Gasteiger partial charge is 0.242 e. The van der Waals surface area contributed by atoms with Gasteiger partial charge >= 0.3 is 0 Å². The third-order valence-corrected chi connectivity index (χ3v) is 1.73. The second kappa shape index (κ2) is 6.44. The summed E-state index contributed by atoms with van der Waals surface area (Å²) in [4.78, 5) is 22.0. The molecule has 6 heteroatoms. The van der Waals surface area contributed by atoms with Crippen LogP contribution in [0, 0.1) is 0 Å². The van der Waals surface area contributed by atoms with Crippen molar-refractivity contribution in [3.05, 3.63) is 0 Å². The number of rotatable bonds is 6. The van der Waals surface area contributed by atoms with Gasteiger partial charge in [0.15, 0.2) is 0 Å². The zero-order chi connectivity index (χ0) is 12.8. The molecule has 0 unspecified atom stereocenters. The molecule has 0 aromatic rings.